The maximum atomic E-state index is 13.8. The van der Waals surface area contributed by atoms with Gasteiger partial charge in [-0.1, -0.05) is 12.1 Å². The van der Waals surface area contributed by atoms with E-state index in [1.807, 2.05) is 19.1 Å². The number of ether oxygens (including phenoxy) is 3. The Morgan fingerprint density at radius 3 is 2.35 bits per heavy atom. The fourth-order valence-electron chi connectivity index (χ4n) is 4.31. The average Bonchev–Trinajstić information content (AvgIpc) is 3.35. The van der Waals surface area contributed by atoms with Crippen LogP contribution >= 0.6 is 0 Å². The highest BCUT2D eigenvalue weighted by atomic mass is 32.2. The summed E-state index contributed by atoms with van der Waals surface area (Å²) in [5.41, 5.74) is 1.96. The number of pyridine rings is 1. The van der Waals surface area contributed by atoms with E-state index in [1.165, 1.54) is 38.9 Å². The molecule has 0 aliphatic rings. The minimum absolute atomic E-state index is 0.0370. The lowest BCUT2D eigenvalue weighted by molar-refractivity contribution is 0.102. The molecule has 0 saturated carbocycles. The lowest BCUT2D eigenvalue weighted by atomic mass is 10.0. The molecular formula is C27H27FN6O5S. The van der Waals surface area contributed by atoms with Crippen LogP contribution in [0.15, 0.2) is 54.9 Å². The number of methoxy groups -OCH3 is 3. The SMILES string of the molecule is COc1cccc(OC)c1-n1c(NS(=O)(=O)[C@H](C)[C@@H](OC)c2ccc(F)cc2C#N)nnc1-c1cncc(C)c1. The normalized spacial score (nSPS) is 12.8. The fourth-order valence-corrected chi connectivity index (χ4v) is 5.46. The molecule has 0 aliphatic heterocycles. The standard InChI is InChI=1S/C27H27FN6O5S/c1-16-11-19(15-30-14-16)26-31-32-27(34(26)24-22(37-3)7-6-8-23(24)38-4)33-40(35,36)17(2)25(39-5)21-10-9-20(28)12-18(21)13-29/h6-12,14-15,17,25H,1-5H3,(H,32,33)/t17-,25-/m1/s1. The number of anilines is 1. The van der Waals surface area contributed by atoms with Crippen LogP contribution in [0.3, 0.4) is 0 Å². The number of nitrogens with one attached hydrogen (secondary N) is 1. The third-order valence-corrected chi connectivity index (χ3v) is 7.96. The first-order valence-electron chi connectivity index (χ1n) is 12.0. The van der Waals surface area contributed by atoms with Gasteiger partial charge < -0.3 is 14.2 Å². The zero-order valence-corrected chi connectivity index (χ0v) is 23.2. The third kappa shape index (κ3) is 5.45. The van der Waals surface area contributed by atoms with E-state index in [2.05, 4.69) is 19.9 Å². The number of sulfonamides is 1. The summed E-state index contributed by atoms with van der Waals surface area (Å²) < 4.78 is 61.9. The average molecular weight is 567 g/mol. The lowest BCUT2D eigenvalue weighted by Gasteiger charge is -2.24. The van der Waals surface area contributed by atoms with Gasteiger partial charge in [-0.3, -0.25) is 14.3 Å². The largest absolute Gasteiger partial charge is 0.494 e. The van der Waals surface area contributed by atoms with Crippen LogP contribution in [0.4, 0.5) is 10.3 Å². The van der Waals surface area contributed by atoms with E-state index in [-0.39, 0.29) is 22.9 Å². The summed E-state index contributed by atoms with van der Waals surface area (Å²) in [6.45, 7) is 3.28. The maximum Gasteiger partial charge on any atom is 0.243 e. The smallest absolute Gasteiger partial charge is 0.243 e. The Morgan fingerprint density at radius 1 is 1.05 bits per heavy atom. The van der Waals surface area contributed by atoms with Crippen molar-refractivity contribution in [3.63, 3.8) is 0 Å². The summed E-state index contributed by atoms with van der Waals surface area (Å²) in [5, 5.41) is 16.7. The molecule has 4 rings (SSSR count). The van der Waals surface area contributed by atoms with Crippen molar-refractivity contribution >= 4 is 16.0 Å². The van der Waals surface area contributed by atoms with Crippen molar-refractivity contribution in [2.24, 2.45) is 0 Å². The number of aromatic nitrogens is 4. The van der Waals surface area contributed by atoms with Gasteiger partial charge in [0.1, 0.15) is 34.4 Å². The van der Waals surface area contributed by atoms with Crippen LogP contribution in [0.25, 0.3) is 17.1 Å². The van der Waals surface area contributed by atoms with Crippen molar-refractivity contribution in [2.75, 3.05) is 26.1 Å². The summed E-state index contributed by atoms with van der Waals surface area (Å²) in [5.74, 6) is 0.239. The van der Waals surface area contributed by atoms with Crippen LogP contribution in [0.1, 0.15) is 29.7 Å². The topological polar surface area (TPSA) is 141 Å². The maximum absolute atomic E-state index is 13.8. The third-order valence-electron chi connectivity index (χ3n) is 6.27. The molecule has 2 aromatic carbocycles. The number of aryl methyl sites for hydroxylation is 1. The highest BCUT2D eigenvalue weighted by Crippen LogP contribution is 2.38. The van der Waals surface area contributed by atoms with E-state index < -0.39 is 27.2 Å². The highest BCUT2D eigenvalue weighted by Gasteiger charge is 2.35. The van der Waals surface area contributed by atoms with Crippen LogP contribution < -0.4 is 14.2 Å². The first-order valence-corrected chi connectivity index (χ1v) is 13.5. The van der Waals surface area contributed by atoms with Gasteiger partial charge >= 0.3 is 0 Å². The molecule has 0 spiro atoms. The number of nitrogens with zero attached hydrogens (tertiary/aromatic N) is 5. The summed E-state index contributed by atoms with van der Waals surface area (Å²) in [7, 11) is 0.00505. The van der Waals surface area contributed by atoms with Crippen LogP contribution in [0.5, 0.6) is 11.5 Å². The van der Waals surface area contributed by atoms with Gasteiger partial charge in [-0.2, -0.15) is 5.26 Å². The summed E-state index contributed by atoms with van der Waals surface area (Å²) >= 11 is 0. The Hall–Kier alpha value is -4.54. The molecule has 0 aliphatic carbocycles. The highest BCUT2D eigenvalue weighted by molar-refractivity contribution is 7.93. The van der Waals surface area contributed by atoms with Gasteiger partial charge in [-0.25, -0.2) is 12.8 Å². The van der Waals surface area contributed by atoms with E-state index in [0.717, 1.165) is 17.7 Å². The monoisotopic (exact) mass is 566 g/mol. The Balaban J connectivity index is 1.86. The molecule has 0 saturated heterocycles. The van der Waals surface area contributed by atoms with Crippen molar-refractivity contribution < 1.29 is 27.0 Å². The summed E-state index contributed by atoms with van der Waals surface area (Å²) in [4.78, 5) is 4.23. The molecule has 208 valence electrons. The second kappa shape index (κ2) is 11.7. The molecule has 4 aromatic rings. The predicted molar refractivity (Wildman–Crippen MR) is 145 cm³/mol. The Kier molecular flexibility index (Phi) is 8.32. The Bertz CT molecular complexity index is 1660. The second-order valence-corrected chi connectivity index (χ2v) is 10.8. The lowest BCUT2D eigenvalue weighted by Crippen LogP contribution is -2.33. The number of rotatable bonds is 10. The van der Waals surface area contributed by atoms with Gasteiger partial charge in [0.25, 0.3) is 0 Å². The molecular weight excluding hydrogens is 539 g/mol. The van der Waals surface area contributed by atoms with Gasteiger partial charge in [0.2, 0.25) is 16.0 Å². The minimum atomic E-state index is -4.25. The van der Waals surface area contributed by atoms with Crippen molar-refractivity contribution in [3.05, 3.63) is 77.4 Å². The first kappa shape index (κ1) is 28.5. The number of benzene rings is 2. The zero-order chi connectivity index (χ0) is 29.0. The number of nitriles is 1. The zero-order valence-electron chi connectivity index (χ0n) is 22.4. The molecule has 0 fully saturated rings. The second-order valence-electron chi connectivity index (χ2n) is 8.80. The molecule has 0 bridgehead atoms. The molecule has 2 heterocycles. The van der Waals surface area contributed by atoms with E-state index in [0.29, 0.717) is 22.7 Å². The number of para-hydroxylation sites is 1. The number of halogens is 1. The molecule has 2 atom stereocenters. The molecule has 13 heteroatoms. The van der Waals surface area contributed by atoms with E-state index in [4.69, 9.17) is 14.2 Å². The quantitative estimate of drug-likeness (QED) is 0.299. The first-order chi connectivity index (χ1) is 19.1. The molecule has 0 unspecified atom stereocenters. The number of hydrogen-bond acceptors (Lipinski definition) is 9. The molecule has 0 radical (unpaired) electrons. The van der Waals surface area contributed by atoms with Gasteiger partial charge in [0, 0.05) is 30.6 Å². The fraction of sp³-hybridized carbons (Fsp3) is 0.259. The van der Waals surface area contributed by atoms with E-state index in [1.54, 1.807) is 30.6 Å². The van der Waals surface area contributed by atoms with Crippen molar-refractivity contribution in [1.29, 1.82) is 5.26 Å². The molecule has 40 heavy (non-hydrogen) atoms. The van der Waals surface area contributed by atoms with Crippen LogP contribution in [0.2, 0.25) is 0 Å². The molecule has 0 amide bonds. The van der Waals surface area contributed by atoms with Crippen LogP contribution in [-0.2, 0) is 14.8 Å². The van der Waals surface area contributed by atoms with Crippen LogP contribution in [0, 0.1) is 24.1 Å². The molecule has 11 nitrogen and oxygen atoms in total. The van der Waals surface area contributed by atoms with Gasteiger partial charge in [0.15, 0.2) is 5.82 Å². The van der Waals surface area contributed by atoms with Gasteiger partial charge in [-0.05, 0) is 49.7 Å². The van der Waals surface area contributed by atoms with Crippen molar-refractivity contribution in [1.82, 2.24) is 19.7 Å². The van der Waals surface area contributed by atoms with Gasteiger partial charge in [0.05, 0.1) is 25.9 Å². The molecule has 2 aromatic heterocycles. The van der Waals surface area contributed by atoms with E-state index in [9.17, 15) is 18.1 Å². The molecule has 1 N–H and O–H groups in total. The predicted octanol–water partition coefficient (Wildman–Crippen LogP) is 4.18. The van der Waals surface area contributed by atoms with Crippen LogP contribution in [-0.4, -0.2) is 54.7 Å². The summed E-state index contributed by atoms with van der Waals surface area (Å²) in [6.07, 6.45) is 2.15. The minimum Gasteiger partial charge on any atom is -0.494 e. The Morgan fingerprint density at radius 2 is 1.75 bits per heavy atom. The number of hydrogen-bond donors (Lipinski definition) is 1. The van der Waals surface area contributed by atoms with Crippen molar-refractivity contribution in [2.45, 2.75) is 25.2 Å². The summed E-state index contributed by atoms with van der Waals surface area (Å²) in [6, 6.07) is 12.3. The van der Waals surface area contributed by atoms with Crippen molar-refractivity contribution in [3.8, 4) is 34.6 Å². The van der Waals surface area contributed by atoms with E-state index >= 15 is 0 Å². The van der Waals surface area contributed by atoms with Gasteiger partial charge in [-0.15, -0.1) is 10.2 Å². The Labute approximate surface area is 231 Å².